The van der Waals surface area contributed by atoms with E-state index in [0.717, 1.165) is 6.07 Å². The van der Waals surface area contributed by atoms with Crippen molar-refractivity contribution in [1.29, 1.82) is 0 Å². The van der Waals surface area contributed by atoms with E-state index in [1.807, 2.05) is 0 Å². The largest absolute Gasteiger partial charge is 0.416 e. The van der Waals surface area contributed by atoms with Crippen LogP contribution in [0.15, 0.2) is 23.5 Å². The van der Waals surface area contributed by atoms with E-state index in [2.05, 4.69) is 6.58 Å². The molecule has 0 fully saturated rings. The molecule has 5 heteroatoms. The minimum absolute atomic E-state index is 0.249. The first-order chi connectivity index (χ1) is 7.70. The van der Waals surface area contributed by atoms with Gasteiger partial charge in [0.25, 0.3) is 5.56 Å². The Balaban J connectivity index is 3.70. The van der Waals surface area contributed by atoms with Gasteiger partial charge in [-0.3, -0.25) is 4.79 Å². The Labute approximate surface area is 97.4 Å². The zero-order valence-electron chi connectivity index (χ0n) is 9.93. The second-order valence-corrected chi connectivity index (χ2v) is 4.00. The van der Waals surface area contributed by atoms with Crippen molar-refractivity contribution in [3.05, 3.63) is 45.9 Å². The fourth-order valence-corrected chi connectivity index (χ4v) is 1.63. The summed E-state index contributed by atoms with van der Waals surface area (Å²) in [5.41, 5.74) is -1.46. The molecule has 1 heterocycles. The molecule has 0 radical (unpaired) electrons. The van der Waals surface area contributed by atoms with Gasteiger partial charge in [0.1, 0.15) is 0 Å². The summed E-state index contributed by atoms with van der Waals surface area (Å²) in [6, 6.07) is 0.997. The first kappa shape index (κ1) is 13.5. The summed E-state index contributed by atoms with van der Waals surface area (Å²) >= 11 is 0. The van der Waals surface area contributed by atoms with Gasteiger partial charge in [-0.25, -0.2) is 0 Å². The highest BCUT2D eigenvalue weighted by Gasteiger charge is 2.36. The van der Waals surface area contributed by atoms with Crippen LogP contribution in [0.3, 0.4) is 0 Å². The van der Waals surface area contributed by atoms with Gasteiger partial charge in [-0.1, -0.05) is 13.0 Å². The fourth-order valence-electron chi connectivity index (χ4n) is 1.63. The third-order valence-electron chi connectivity index (χ3n) is 2.82. The third-order valence-corrected chi connectivity index (χ3v) is 2.82. The van der Waals surface area contributed by atoms with Crippen molar-refractivity contribution in [2.75, 3.05) is 0 Å². The number of aryl methyl sites for hydroxylation is 1. The van der Waals surface area contributed by atoms with Crippen molar-refractivity contribution in [3.8, 4) is 0 Å². The molecule has 94 valence electrons. The van der Waals surface area contributed by atoms with E-state index < -0.39 is 23.2 Å². The normalized spacial score (nSPS) is 13.5. The van der Waals surface area contributed by atoms with E-state index in [-0.39, 0.29) is 11.3 Å². The topological polar surface area (TPSA) is 22.0 Å². The van der Waals surface area contributed by atoms with Crippen LogP contribution in [0.1, 0.15) is 29.7 Å². The molecule has 1 aromatic heterocycles. The molecule has 0 aromatic carbocycles. The van der Waals surface area contributed by atoms with Crippen LogP contribution in [0.2, 0.25) is 0 Å². The maximum Gasteiger partial charge on any atom is 0.416 e. The Kier molecular flexibility index (Phi) is 3.50. The quantitative estimate of drug-likeness (QED) is 0.734. The number of pyridine rings is 1. The minimum atomic E-state index is -4.52. The first-order valence-corrected chi connectivity index (χ1v) is 5.10. The molecule has 0 aliphatic rings. The smallest absolute Gasteiger partial charge is 0.316 e. The van der Waals surface area contributed by atoms with Crippen LogP contribution in [0.25, 0.3) is 0 Å². The van der Waals surface area contributed by atoms with Crippen LogP contribution in [0.5, 0.6) is 0 Å². The molecule has 1 rings (SSSR count). The number of allylic oxidation sites excluding steroid dienone is 1. The molecule has 0 aliphatic carbocycles. The monoisotopic (exact) mass is 245 g/mol. The van der Waals surface area contributed by atoms with Crippen LogP contribution >= 0.6 is 0 Å². The number of aromatic nitrogens is 1. The van der Waals surface area contributed by atoms with Crippen LogP contribution in [-0.4, -0.2) is 4.57 Å². The molecule has 0 amide bonds. The molecule has 1 unspecified atom stereocenters. The van der Waals surface area contributed by atoms with Crippen LogP contribution in [0, 0.1) is 6.92 Å². The van der Waals surface area contributed by atoms with Crippen LogP contribution < -0.4 is 5.56 Å². The van der Waals surface area contributed by atoms with Crippen molar-refractivity contribution in [3.63, 3.8) is 0 Å². The first-order valence-electron chi connectivity index (χ1n) is 5.10. The Hall–Kier alpha value is -1.52. The summed E-state index contributed by atoms with van der Waals surface area (Å²) in [5.74, 6) is -0.633. The predicted molar refractivity (Wildman–Crippen MR) is 60.0 cm³/mol. The average Bonchev–Trinajstić information content (AvgIpc) is 2.23. The molecular formula is C12H14F3NO. The van der Waals surface area contributed by atoms with E-state index in [1.54, 1.807) is 0 Å². The summed E-state index contributed by atoms with van der Waals surface area (Å²) in [5, 5.41) is 0. The van der Waals surface area contributed by atoms with Crippen molar-refractivity contribution >= 4 is 0 Å². The predicted octanol–water partition coefficient (Wildman–Crippen LogP) is 3.00. The summed E-state index contributed by atoms with van der Waals surface area (Å²) in [6.07, 6.45) is -3.19. The molecule has 2 nitrogen and oxygen atoms in total. The Bertz CT molecular complexity index is 500. The number of rotatable bonds is 2. The van der Waals surface area contributed by atoms with Gasteiger partial charge in [-0.2, -0.15) is 13.2 Å². The van der Waals surface area contributed by atoms with Crippen molar-refractivity contribution < 1.29 is 13.2 Å². The molecule has 0 saturated heterocycles. The van der Waals surface area contributed by atoms with Crippen LogP contribution in [0.4, 0.5) is 13.2 Å². The summed E-state index contributed by atoms with van der Waals surface area (Å²) in [7, 11) is 1.46. The lowest BCUT2D eigenvalue weighted by Gasteiger charge is -2.18. The summed E-state index contributed by atoms with van der Waals surface area (Å²) in [6.45, 7) is 6.43. The minimum Gasteiger partial charge on any atom is -0.316 e. The second-order valence-electron chi connectivity index (χ2n) is 4.00. The van der Waals surface area contributed by atoms with Gasteiger partial charge in [0.05, 0.1) is 5.56 Å². The zero-order chi connectivity index (χ0) is 13.4. The van der Waals surface area contributed by atoms with Gasteiger partial charge in [0, 0.05) is 24.2 Å². The molecular weight excluding hydrogens is 231 g/mol. The summed E-state index contributed by atoms with van der Waals surface area (Å²) in [4.78, 5) is 11.9. The highest BCUT2D eigenvalue weighted by atomic mass is 19.4. The lowest BCUT2D eigenvalue weighted by Crippen LogP contribution is -2.28. The molecule has 17 heavy (non-hydrogen) atoms. The number of hydrogen-bond donors (Lipinski definition) is 0. The van der Waals surface area contributed by atoms with Gasteiger partial charge in [0.2, 0.25) is 0 Å². The molecule has 0 spiro atoms. The molecule has 0 bridgehead atoms. The molecule has 1 aromatic rings. The highest BCUT2D eigenvalue weighted by molar-refractivity contribution is 5.34. The van der Waals surface area contributed by atoms with Gasteiger partial charge >= 0.3 is 6.18 Å². The van der Waals surface area contributed by atoms with Gasteiger partial charge in [-0.05, 0) is 13.0 Å². The number of alkyl halides is 3. The Morgan fingerprint density at radius 3 is 2.41 bits per heavy atom. The molecule has 1 atom stereocenters. The van der Waals surface area contributed by atoms with E-state index in [0.29, 0.717) is 0 Å². The third kappa shape index (κ3) is 2.43. The van der Waals surface area contributed by atoms with Crippen molar-refractivity contribution in [1.82, 2.24) is 4.57 Å². The lowest BCUT2D eigenvalue weighted by atomic mass is 9.96. The Morgan fingerprint density at radius 2 is 2.00 bits per heavy atom. The second kappa shape index (κ2) is 4.39. The van der Waals surface area contributed by atoms with Crippen molar-refractivity contribution in [2.45, 2.75) is 25.9 Å². The molecule has 0 N–H and O–H groups in total. The fraction of sp³-hybridized carbons (Fsp3) is 0.417. The van der Waals surface area contributed by atoms with Gasteiger partial charge < -0.3 is 4.57 Å². The van der Waals surface area contributed by atoms with Gasteiger partial charge in [-0.15, -0.1) is 6.58 Å². The van der Waals surface area contributed by atoms with Crippen LogP contribution in [-0.2, 0) is 13.2 Å². The lowest BCUT2D eigenvalue weighted by molar-refractivity contribution is -0.138. The number of hydrogen-bond acceptors (Lipinski definition) is 1. The van der Waals surface area contributed by atoms with E-state index in [9.17, 15) is 18.0 Å². The average molecular weight is 245 g/mol. The SMILES string of the molecule is C=CC(C)c1c(C(F)(F)F)cc(C)n(C)c1=O. The molecule has 0 saturated carbocycles. The Morgan fingerprint density at radius 1 is 1.47 bits per heavy atom. The maximum atomic E-state index is 12.9. The highest BCUT2D eigenvalue weighted by Crippen LogP contribution is 2.34. The van der Waals surface area contributed by atoms with E-state index in [4.69, 9.17) is 0 Å². The maximum absolute atomic E-state index is 12.9. The summed E-state index contributed by atoms with van der Waals surface area (Å²) < 4.78 is 39.8. The number of halogens is 3. The molecule has 0 aliphatic heterocycles. The zero-order valence-corrected chi connectivity index (χ0v) is 9.93. The van der Waals surface area contributed by atoms with E-state index in [1.165, 1.54) is 31.5 Å². The van der Waals surface area contributed by atoms with E-state index >= 15 is 0 Å². The van der Waals surface area contributed by atoms with Gasteiger partial charge in [0.15, 0.2) is 0 Å². The standard InChI is InChI=1S/C12H14F3NO/c1-5-7(2)10-9(12(13,14)15)6-8(3)16(4)11(10)17/h5-7H,1H2,2-4H3. The number of nitrogens with zero attached hydrogens (tertiary/aromatic N) is 1. The van der Waals surface area contributed by atoms with Crippen molar-refractivity contribution in [2.24, 2.45) is 7.05 Å².